The van der Waals surface area contributed by atoms with Crippen molar-refractivity contribution in [3.63, 3.8) is 0 Å². The van der Waals surface area contributed by atoms with Crippen molar-refractivity contribution in [2.24, 2.45) is 0 Å². The molecule has 1 aliphatic rings. The van der Waals surface area contributed by atoms with Crippen LogP contribution in [0, 0.1) is 5.82 Å². The van der Waals surface area contributed by atoms with E-state index in [4.69, 9.17) is 21.3 Å². The van der Waals surface area contributed by atoms with Crippen molar-refractivity contribution >= 4 is 29.3 Å². The summed E-state index contributed by atoms with van der Waals surface area (Å²) in [5.41, 5.74) is 2.04. The first-order valence-corrected chi connectivity index (χ1v) is 9.26. The van der Waals surface area contributed by atoms with Crippen molar-refractivity contribution in [3.05, 3.63) is 40.8 Å². The van der Waals surface area contributed by atoms with Crippen LogP contribution in [0.2, 0.25) is 5.02 Å². The Morgan fingerprint density at radius 3 is 2.84 bits per heavy atom. The third-order valence-corrected chi connectivity index (χ3v) is 5.54. The molecule has 3 rings (SSSR count). The van der Waals surface area contributed by atoms with Crippen LogP contribution in [0.25, 0.3) is 11.3 Å². The molecule has 2 heterocycles. The molecule has 0 radical (unpaired) electrons. The highest BCUT2D eigenvalue weighted by atomic mass is 35.5. The topological polar surface area (TPSA) is 87.4 Å². The van der Waals surface area contributed by atoms with Crippen LogP contribution in [0.1, 0.15) is 18.5 Å². The number of thioether (sulfide) groups is 1. The molecule has 0 unspecified atom stereocenters. The number of nitrogens with one attached hydrogen (secondary N) is 2. The Morgan fingerprint density at radius 2 is 2.16 bits per heavy atom. The number of aromatic nitrogens is 1. The number of nitrogens with zero attached hydrogens (tertiary/aromatic N) is 1. The summed E-state index contributed by atoms with van der Waals surface area (Å²) < 4.78 is 18.4. The van der Waals surface area contributed by atoms with Gasteiger partial charge in [0.25, 0.3) is 5.91 Å². The van der Waals surface area contributed by atoms with Crippen molar-refractivity contribution in [1.82, 2.24) is 16.0 Å². The summed E-state index contributed by atoms with van der Waals surface area (Å²) in [6, 6.07) is 5.71. The van der Waals surface area contributed by atoms with E-state index in [1.807, 2.05) is 0 Å². The Bertz CT molecular complexity index is 765. The van der Waals surface area contributed by atoms with Gasteiger partial charge in [-0.2, -0.15) is 11.8 Å². The molecule has 0 atom stereocenters. The number of carbonyl (C=O) groups is 1. The SMILES string of the molecule is O=C(NO)C1(NCc2cc(-c3ccc(F)cc3Cl)on2)CCSCC1. The fourth-order valence-corrected chi connectivity index (χ4v) is 4.23. The lowest BCUT2D eigenvalue weighted by Crippen LogP contribution is -2.58. The van der Waals surface area contributed by atoms with Crippen LogP contribution in [0.3, 0.4) is 0 Å². The highest BCUT2D eigenvalue weighted by molar-refractivity contribution is 7.99. The number of benzene rings is 1. The summed E-state index contributed by atoms with van der Waals surface area (Å²) in [6.45, 7) is 0.292. The van der Waals surface area contributed by atoms with Gasteiger partial charge in [0, 0.05) is 18.2 Å². The average molecular weight is 386 g/mol. The van der Waals surface area contributed by atoms with Gasteiger partial charge in [0.15, 0.2) is 5.76 Å². The van der Waals surface area contributed by atoms with Crippen molar-refractivity contribution < 1.29 is 18.9 Å². The van der Waals surface area contributed by atoms with Crippen LogP contribution < -0.4 is 10.8 Å². The first-order valence-electron chi connectivity index (χ1n) is 7.72. The lowest BCUT2D eigenvalue weighted by molar-refractivity contribution is -0.136. The number of hydrogen-bond acceptors (Lipinski definition) is 6. The molecule has 1 saturated heterocycles. The second-order valence-corrected chi connectivity index (χ2v) is 7.43. The van der Waals surface area contributed by atoms with Gasteiger partial charge in [-0.25, -0.2) is 9.87 Å². The average Bonchev–Trinajstić information content (AvgIpc) is 3.09. The predicted octanol–water partition coefficient (Wildman–Crippen LogP) is 2.99. The number of hydrogen-bond donors (Lipinski definition) is 3. The van der Waals surface area contributed by atoms with Crippen molar-refractivity contribution in [3.8, 4) is 11.3 Å². The molecule has 1 aromatic carbocycles. The zero-order chi connectivity index (χ0) is 17.9. The normalized spacial score (nSPS) is 16.6. The van der Waals surface area contributed by atoms with Crippen LogP contribution in [0.5, 0.6) is 0 Å². The maximum Gasteiger partial charge on any atom is 0.263 e. The van der Waals surface area contributed by atoms with Crippen molar-refractivity contribution in [2.45, 2.75) is 24.9 Å². The van der Waals surface area contributed by atoms with Gasteiger partial charge in [-0.3, -0.25) is 15.3 Å². The van der Waals surface area contributed by atoms with E-state index in [0.29, 0.717) is 36.4 Å². The van der Waals surface area contributed by atoms with Crippen molar-refractivity contribution in [1.29, 1.82) is 0 Å². The molecule has 1 fully saturated rings. The Hall–Kier alpha value is -1.61. The maximum atomic E-state index is 13.1. The first kappa shape index (κ1) is 18.2. The zero-order valence-electron chi connectivity index (χ0n) is 13.2. The van der Waals surface area contributed by atoms with Gasteiger partial charge in [0.1, 0.15) is 11.4 Å². The fraction of sp³-hybridized carbons (Fsp3) is 0.375. The van der Waals surface area contributed by atoms with Crippen LogP contribution >= 0.6 is 23.4 Å². The number of carbonyl (C=O) groups excluding carboxylic acids is 1. The van der Waals surface area contributed by atoms with Gasteiger partial charge in [-0.15, -0.1) is 0 Å². The van der Waals surface area contributed by atoms with Gasteiger partial charge >= 0.3 is 0 Å². The Kier molecular flexibility index (Phi) is 5.63. The summed E-state index contributed by atoms with van der Waals surface area (Å²) in [5, 5.41) is 16.4. The molecule has 9 heteroatoms. The Labute approximate surface area is 153 Å². The third-order valence-electron chi connectivity index (χ3n) is 4.25. The number of halogens is 2. The van der Waals surface area contributed by atoms with E-state index in [2.05, 4.69) is 10.5 Å². The summed E-state index contributed by atoms with van der Waals surface area (Å²) in [7, 11) is 0. The molecule has 1 aromatic heterocycles. The van der Waals surface area contributed by atoms with Crippen LogP contribution in [0.15, 0.2) is 28.8 Å². The highest BCUT2D eigenvalue weighted by Crippen LogP contribution is 2.30. The summed E-state index contributed by atoms with van der Waals surface area (Å²) >= 11 is 7.80. The molecule has 0 bridgehead atoms. The molecule has 1 amide bonds. The number of amides is 1. The second kappa shape index (κ2) is 7.74. The molecule has 1 aliphatic heterocycles. The quantitative estimate of drug-likeness (QED) is 0.541. The number of hydroxylamine groups is 1. The van der Waals surface area contributed by atoms with Gasteiger partial charge in [-0.05, 0) is 42.5 Å². The zero-order valence-corrected chi connectivity index (χ0v) is 14.8. The Morgan fingerprint density at radius 1 is 1.40 bits per heavy atom. The molecular formula is C16H17ClFN3O3S. The van der Waals surface area contributed by atoms with E-state index >= 15 is 0 Å². The smallest absolute Gasteiger partial charge is 0.263 e. The highest BCUT2D eigenvalue weighted by Gasteiger charge is 2.39. The van der Waals surface area contributed by atoms with Crippen LogP contribution in [0.4, 0.5) is 4.39 Å². The summed E-state index contributed by atoms with van der Waals surface area (Å²) in [4.78, 5) is 12.1. The minimum Gasteiger partial charge on any atom is -0.356 e. The van der Waals surface area contributed by atoms with E-state index in [0.717, 1.165) is 11.5 Å². The molecule has 134 valence electrons. The molecule has 25 heavy (non-hydrogen) atoms. The fourth-order valence-electron chi connectivity index (χ4n) is 2.78. The largest absolute Gasteiger partial charge is 0.356 e. The van der Waals surface area contributed by atoms with E-state index in [1.165, 1.54) is 18.2 Å². The summed E-state index contributed by atoms with van der Waals surface area (Å²) in [6.07, 6.45) is 1.22. The van der Waals surface area contributed by atoms with Gasteiger partial charge in [-0.1, -0.05) is 16.8 Å². The first-order chi connectivity index (χ1) is 12.0. The minimum atomic E-state index is -0.827. The van der Waals surface area contributed by atoms with Gasteiger partial charge in [0.05, 0.1) is 10.7 Å². The standard InChI is InChI=1S/C16H17ClFN3O3S/c17-13-7-10(18)1-2-12(13)14-8-11(21-24-14)9-19-16(15(22)20-23)3-5-25-6-4-16/h1-2,7-8,19,23H,3-6,9H2,(H,20,22). The van der Waals surface area contributed by atoms with E-state index in [1.54, 1.807) is 23.3 Å². The second-order valence-electron chi connectivity index (χ2n) is 5.80. The lowest BCUT2D eigenvalue weighted by Gasteiger charge is -2.35. The monoisotopic (exact) mass is 385 g/mol. The van der Waals surface area contributed by atoms with E-state index < -0.39 is 17.3 Å². The lowest BCUT2D eigenvalue weighted by atomic mass is 9.91. The number of rotatable bonds is 5. The predicted molar refractivity (Wildman–Crippen MR) is 93.0 cm³/mol. The van der Waals surface area contributed by atoms with Crippen molar-refractivity contribution in [2.75, 3.05) is 11.5 Å². The van der Waals surface area contributed by atoms with E-state index in [-0.39, 0.29) is 5.02 Å². The molecule has 3 N–H and O–H groups in total. The minimum absolute atomic E-state index is 0.232. The van der Waals surface area contributed by atoms with Gasteiger partial charge in [0.2, 0.25) is 0 Å². The molecule has 0 aliphatic carbocycles. The van der Waals surface area contributed by atoms with Gasteiger partial charge < -0.3 is 4.52 Å². The summed E-state index contributed by atoms with van der Waals surface area (Å²) in [5.74, 6) is 1.20. The molecule has 0 spiro atoms. The van der Waals surface area contributed by atoms with Crippen LogP contribution in [-0.2, 0) is 11.3 Å². The third kappa shape index (κ3) is 3.98. The molecule has 2 aromatic rings. The maximum absolute atomic E-state index is 13.1. The van der Waals surface area contributed by atoms with E-state index in [9.17, 15) is 9.18 Å². The molecular weight excluding hydrogens is 369 g/mol. The Balaban J connectivity index is 1.73. The molecule has 6 nitrogen and oxygen atoms in total. The molecule has 0 saturated carbocycles. The van der Waals surface area contributed by atoms with Crippen LogP contribution in [-0.4, -0.2) is 33.3 Å².